The molecule has 1 N–H and O–H groups in total. The van der Waals surface area contributed by atoms with Crippen LogP contribution in [0.3, 0.4) is 0 Å². The van der Waals surface area contributed by atoms with Gasteiger partial charge in [0.05, 0.1) is 37.4 Å². The zero-order valence-corrected chi connectivity index (χ0v) is 29.8. The normalized spacial score (nSPS) is 17.8. The van der Waals surface area contributed by atoms with Gasteiger partial charge < -0.3 is 23.7 Å². The highest BCUT2D eigenvalue weighted by Gasteiger charge is 2.30. The molecule has 0 atom stereocenters. The van der Waals surface area contributed by atoms with Crippen molar-refractivity contribution in [1.82, 2.24) is 24.7 Å². The summed E-state index contributed by atoms with van der Waals surface area (Å²) >= 11 is 0. The van der Waals surface area contributed by atoms with Crippen LogP contribution in [0.2, 0.25) is 0 Å². The van der Waals surface area contributed by atoms with Crippen molar-refractivity contribution in [2.75, 3.05) is 51.8 Å². The van der Waals surface area contributed by atoms with Crippen LogP contribution in [0.5, 0.6) is 11.5 Å². The lowest BCUT2D eigenvalue weighted by Gasteiger charge is -2.37. The summed E-state index contributed by atoms with van der Waals surface area (Å²) in [6.07, 6.45) is 8.96. The Kier molecular flexibility index (Phi) is 10.2. The van der Waals surface area contributed by atoms with E-state index < -0.39 is 6.03 Å². The van der Waals surface area contributed by atoms with Gasteiger partial charge in [0, 0.05) is 88.1 Å². The van der Waals surface area contributed by atoms with Crippen molar-refractivity contribution in [3.8, 4) is 22.6 Å². The first-order valence-electron chi connectivity index (χ1n) is 17.8. The minimum absolute atomic E-state index is 0.0685. The summed E-state index contributed by atoms with van der Waals surface area (Å²) < 4.78 is 20.0. The Bertz CT molecular complexity index is 2020. The number of likely N-dealkylation sites (tertiary alicyclic amines) is 2. The Balaban J connectivity index is 0.933. The van der Waals surface area contributed by atoms with E-state index in [1.807, 2.05) is 29.3 Å². The first-order valence-corrected chi connectivity index (χ1v) is 17.8. The summed E-state index contributed by atoms with van der Waals surface area (Å²) in [4.78, 5) is 59.9. The van der Waals surface area contributed by atoms with E-state index in [4.69, 9.17) is 14.2 Å². The Hall–Kier alpha value is -5.27. The Morgan fingerprint density at radius 3 is 2.25 bits per heavy atom. The molecule has 0 unspecified atom stereocenters. The quantitative estimate of drug-likeness (QED) is 0.269. The number of methoxy groups -OCH3 is 2. The van der Waals surface area contributed by atoms with Crippen LogP contribution in [-0.2, 0) is 23.1 Å². The predicted octanol–water partition coefficient (Wildman–Crippen LogP) is 4.35. The number of imide groups is 1. The van der Waals surface area contributed by atoms with Crippen molar-refractivity contribution in [2.45, 2.75) is 50.9 Å². The molecule has 272 valence electrons. The fraction of sp³-hybridized carbons (Fsp3) is 0.410. The van der Waals surface area contributed by atoms with E-state index in [1.165, 1.54) is 4.90 Å². The molecule has 3 saturated heterocycles. The molecule has 5 heterocycles. The molecule has 2 aromatic heterocycles. The van der Waals surface area contributed by atoms with Gasteiger partial charge in [-0.3, -0.25) is 34.5 Å². The summed E-state index contributed by atoms with van der Waals surface area (Å²) in [6.45, 7) is 3.90. The third kappa shape index (κ3) is 7.24. The van der Waals surface area contributed by atoms with Gasteiger partial charge in [0.15, 0.2) is 0 Å². The molecule has 0 bridgehead atoms. The van der Waals surface area contributed by atoms with Crippen LogP contribution >= 0.6 is 0 Å². The molecule has 13 nitrogen and oxygen atoms in total. The molecule has 3 aliphatic rings. The minimum atomic E-state index is -0.468. The van der Waals surface area contributed by atoms with Crippen LogP contribution in [0.1, 0.15) is 48.0 Å². The van der Waals surface area contributed by atoms with Crippen LogP contribution in [0.4, 0.5) is 10.5 Å². The average Bonchev–Trinajstić information content (AvgIpc) is 3.17. The number of rotatable bonds is 9. The third-order valence-electron chi connectivity index (χ3n) is 10.4. The topological polar surface area (TPSA) is 136 Å². The number of hydrogen-bond donors (Lipinski definition) is 1. The lowest BCUT2D eigenvalue weighted by atomic mass is 9.98. The van der Waals surface area contributed by atoms with Gasteiger partial charge in [-0.15, -0.1) is 0 Å². The Morgan fingerprint density at radius 1 is 0.885 bits per heavy atom. The molecular formula is C39H44N6O7. The molecule has 13 heteroatoms. The van der Waals surface area contributed by atoms with E-state index in [-0.39, 0.29) is 42.5 Å². The highest BCUT2D eigenvalue weighted by molar-refractivity contribution is 6.06. The number of ether oxygens (including phenoxy) is 3. The zero-order chi connectivity index (χ0) is 36.4. The van der Waals surface area contributed by atoms with Crippen LogP contribution < -0.4 is 25.2 Å². The molecule has 4 amide bonds. The lowest BCUT2D eigenvalue weighted by Crippen LogP contribution is -2.49. The van der Waals surface area contributed by atoms with Gasteiger partial charge in [0.2, 0.25) is 5.91 Å². The molecule has 2 aromatic carbocycles. The smallest absolute Gasteiger partial charge is 0.328 e. The SMILES string of the molecule is COc1cc(-c2cn(C)c(=O)c3cnccc23)cc(OC)c1CN1CCC(OC2CCN(C(=O)c3cccc(N4CCC(=O)NC4=O)c3)CC2)CC1. The third-order valence-corrected chi connectivity index (χ3v) is 10.4. The molecule has 0 spiro atoms. The lowest BCUT2D eigenvalue weighted by molar-refractivity contribution is -0.120. The van der Waals surface area contributed by atoms with Gasteiger partial charge in [-0.05, 0) is 73.0 Å². The number of hydrogen-bond acceptors (Lipinski definition) is 9. The second-order valence-electron chi connectivity index (χ2n) is 13.6. The molecule has 4 aromatic rings. The van der Waals surface area contributed by atoms with Crippen LogP contribution in [0, 0.1) is 0 Å². The summed E-state index contributed by atoms with van der Waals surface area (Å²) in [5.74, 6) is 1.09. The predicted molar refractivity (Wildman–Crippen MR) is 196 cm³/mol. The minimum Gasteiger partial charge on any atom is -0.496 e. The van der Waals surface area contributed by atoms with Crippen molar-refractivity contribution in [3.05, 3.63) is 82.5 Å². The number of nitrogens with one attached hydrogen (secondary N) is 1. The second kappa shape index (κ2) is 15.1. The van der Waals surface area contributed by atoms with Gasteiger partial charge in [-0.2, -0.15) is 0 Å². The number of anilines is 1. The summed E-state index contributed by atoms with van der Waals surface area (Å²) in [6, 6.07) is 12.4. The number of urea groups is 1. The molecule has 52 heavy (non-hydrogen) atoms. The van der Waals surface area contributed by atoms with E-state index in [2.05, 4.69) is 15.2 Å². The maximum absolute atomic E-state index is 13.4. The second-order valence-corrected chi connectivity index (χ2v) is 13.6. The molecule has 0 radical (unpaired) electrons. The van der Waals surface area contributed by atoms with E-state index in [0.29, 0.717) is 36.3 Å². The first-order chi connectivity index (χ1) is 25.2. The number of carbonyl (C=O) groups is 3. The summed E-state index contributed by atoms with van der Waals surface area (Å²) in [5, 5.41) is 3.71. The Labute approximate surface area is 302 Å². The van der Waals surface area contributed by atoms with Gasteiger partial charge >= 0.3 is 6.03 Å². The number of piperidine rings is 2. The van der Waals surface area contributed by atoms with Crippen LogP contribution in [0.25, 0.3) is 21.9 Å². The number of nitrogens with zero attached hydrogens (tertiary/aromatic N) is 5. The van der Waals surface area contributed by atoms with E-state index in [0.717, 1.165) is 72.3 Å². The Morgan fingerprint density at radius 2 is 1.58 bits per heavy atom. The zero-order valence-electron chi connectivity index (χ0n) is 29.8. The molecular weight excluding hydrogens is 664 g/mol. The van der Waals surface area contributed by atoms with E-state index in [9.17, 15) is 19.2 Å². The number of benzene rings is 2. The monoisotopic (exact) mass is 708 g/mol. The summed E-state index contributed by atoms with van der Waals surface area (Å²) in [5.41, 5.74) is 3.79. The van der Waals surface area contributed by atoms with Crippen LogP contribution in [-0.4, -0.2) is 96.3 Å². The van der Waals surface area contributed by atoms with E-state index >= 15 is 0 Å². The maximum Gasteiger partial charge on any atom is 0.328 e. The number of pyridine rings is 2. The van der Waals surface area contributed by atoms with E-state index in [1.54, 1.807) is 62.5 Å². The van der Waals surface area contributed by atoms with Gasteiger partial charge in [-0.25, -0.2) is 4.79 Å². The van der Waals surface area contributed by atoms with Crippen molar-refractivity contribution in [2.24, 2.45) is 7.05 Å². The largest absolute Gasteiger partial charge is 0.496 e. The fourth-order valence-electron chi connectivity index (χ4n) is 7.53. The van der Waals surface area contributed by atoms with Gasteiger partial charge in [0.1, 0.15) is 11.5 Å². The maximum atomic E-state index is 13.4. The highest BCUT2D eigenvalue weighted by Crippen LogP contribution is 2.38. The standard InChI is InChI=1S/C39H44N6O7/c1-42-23-32(30-7-13-40-22-31(30)38(42)48)26-20-34(50-2)33(35(21-26)51-3)24-43-14-8-28(9-15-43)52-29-10-16-44(17-11-29)37(47)25-5-4-6-27(19-25)45-18-12-36(46)41-39(45)49/h4-7,13,19-23,28-29H,8-12,14-18,24H2,1-3H3,(H,41,46,49). The number of carbonyl (C=O) groups excluding carboxylic acids is 3. The van der Waals surface area contributed by atoms with Crippen LogP contribution in [0.15, 0.2) is 65.8 Å². The number of fused-ring (bicyclic) bond motifs is 1. The molecule has 3 fully saturated rings. The van der Waals surface area contributed by atoms with Gasteiger partial charge in [0.25, 0.3) is 11.5 Å². The van der Waals surface area contributed by atoms with Crippen molar-refractivity contribution in [1.29, 1.82) is 0 Å². The average molecular weight is 709 g/mol. The molecule has 0 saturated carbocycles. The van der Waals surface area contributed by atoms with Crippen molar-refractivity contribution >= 4 is 34.3 Å². The molecule has 0 aliphatic carbocycles. The van der Waals surface area contributed by atoms with Gasteiger partial charge in [-0.1, -0.05) is 6.07 Å². The molecule has 7 rings (SSSR count). The first kappa shape index (κ1) is 35.1. The number of aromatic nitrogens is 2. The highest BCUT2D eigenvalue weighted by atomic mass is 16.5. The fourth-order valence-corrected chi connectivity index (χ4v) is 7.53. The number of aryl methyl sites for hydroxylation is 1. The summed E-state index contributed by atoms with van der Waals surface area (Å²) in [7, 11) is 5.08. The number of amides is 4. The van der Waals surface area contributed by atoms with Crippen molar-refractivity contribution < 1.29 is 28.6 Å². The van der Waals surface area contributed by atoms with Crippen molar-refractivity contribution in [3.63, 3.8) is 0 Å². The molecule has 3 aliphatic heterocycles.